The van der Waals surface area contributed by atoms with E-state index in [1.54, 1.807) is 38.1 Å². The van der Waals surface area contributed by atoms with Gasteiger partial charge in [-0.15, -0.1) is 0 Å². The Hall–Kier alpha value is -3.98. The van der Waals surface area contributed by atoms with E-state index in [1.165, 1.54) is 29.9 Å². The molecular weight excluding hydrogens is 468 g/mol. The number of fused-ring (bicyclic) bond motifs is 1. The lowest BCUT2D eigenvalue weighted by molar-refractivity contribution is -0.139. The van der Waals surface area contributed by atoms with Crippen LogP contribution in [0.25, 0.3) is 6.08 Å². The van der Waals surface area contributed by atoms with Gasteiger partial charge >= 0.3 is 11.9 Å². The fourth-order valence-corrected chi connectivity index (χ4v) is 4.95. The number of aromatic nitrogens is 1. The summed E-state index contributed by atoms with van der Waals surface area (Å²) in [5.41, 5.74) is 2.03. The molecule has 1 atom stereocenters. The SMILES string of the molecule is CCOC(=O)C1=C(C)N=c2s/c(=C\c3ccc(OC(C)=O)c(OC)c3)c(=O)n2[C@H]1c1ccccc1. The molecule has 0 amide bonds. The predicted octanol–water partition coefficient (Wildman–Crippen LogP) is 2.73. The molecule has 0 unspecified atom stereocenters. The van der Waals surface area contributed by atoms with Crippen molar-refractivity contribution in [3.05, 3.63) is 90.6 Å². The van der Waals surface area contributed by atoms with Crippen LogP contribution >= 0.6 is 11.3 Å². The maximum absolute atomic E-state index is 13.6. The highest BCUT2D eigenvalue weighted by Crippen LogP contribution is 2.31. The number of nitrogens with zero attached hydrogens (tertiary/aromatic N) is 2. The van der Waals surface area contributed by atoms with Crippen molar-refractivity contribution >= 4 is 29.4 Å². The summed E-state index contributed by atoms with van der Waals surface area (Å²) in [4.78, 5) is 42.9. The van der Waals surface area contributed by atoms with E-state index < -0.39 is 18.0 Å². The zero-order chi connectivity index (χ0) is 25.1. The molecule has 0 saturated heterocycles. The van der Waals surface area contributed by atoms with Crippen LogP contribution in [0.1, 0.15) is 37.9 Å². The number of thiazole rings is 1. The molecule has 0 bridgehead atoms. The quantitative estimate of drug-likeness (QED) is 0.388. The van der Waals surface area contributed by atoms with Gasteiger partial charge in [0.15, 0.2) is 16.3 Å². The number of carbonyl (C=O) groups is 2. The molecule has 0 spiro atoms. The molecule has 180 valence electrons. The van der Waals surface area contributed by atoms with Crippen molar-refractivity contribution < 1.29 is 23.8 Å². The van der Waals surface area contributed by atoms with Crippen LogP contribution < -0.4 is 24.4 Å². The number of ether oxygens (including phenoxy) is 3. The molecule has 0 N–H and O–H groups in total. The summed E-state index contributed by atoms with van der Waals surface area (Å²) in [6, 6.07) is 13.7. The van der Waals surface area contributed by atoms with Gasteiger partial charge in [0, 0.05) is 6.92 Å². The lowest BCUT2D eigenvalue weighted by Gasteiger charge is -2.24. The summed E-state index contributed by atoms with van der Waals surface area (Å²) < 4.78 is 17.8. The van der Waals surface area contributed by atoms with Gasteiger partial charge in [-0.1, -0.05) is 47.7 Å². The van der Waals surface area contributed by atoms with Crippen molar-refractivity contribution in [1.82, 2.24) is 4.57 Å². The van der Waals surface area contributed by atoms with Crippen LogP contribution in [0.4, 0.5) is 0 Å². The molecule has 0 radical (unpaired) electrons. The van der Waals surface area contributed by atoms with Crippen LogP contribution in [0.3, 0.4) is 0 Å². The average Bonchev–Trinajstić information content (AvgIpc) is 3.13. The first-order chi connectivity index (χ1) is 16.8. The Kier molecular flexibility index (Phi) is 6.97. The molecule has 4 rings (SSSR count). The Morgan fingerprint density at radius 1 is 1.14 bits per heavy atom. The van der Waals surface area contributed by atoms with E-state index in [0.717, 1.165) is 5.56 Å². The minimum Gasteiger partial charge on any atom is -0.493 e. The summed E-state index contributed by atoms with van der Waals surface area (Å²) in [7, 11) is 1.47. The maximum Gasteiger partial charge on any atom is 0.338 e. The average molecular weight is 493 g/mol. The summed E-state index contributed by atoms with van der Waals surface area (Å²) >= 11 is 1.23. The first-order valence-corrected chi connectivity index (χ1v) is 11.8. The third-order valence-electron chi connectivity index (χ3n) is 5.37. The first-order valence-electron chi connectivity index (χ1n) is 10.9. The fourth-order valence-electron chi connectivity index (χ4n) is 3.91. The Morgan fingerprint density at radius 2 is 1.89 bits per heavy atom. The van der Waals surface area contributed by atoms with E-state index >= 15 is 0 Å². The third kappa shape index (κ3) is 4.81. The lowest BCUT2D eigenvalue weighted by atomic mass is 9.96. The number of methoxy groups -OCH3 is 1. The third-order valence-corrected chi connectivity index (χ3v) is 6.35. The zero-order valence-corrected chi connectivity index (χ0v) is 20.5. The monoisotopic (exact) mass is 492 g/mol. The summed E-state index contributed by atoms with van der Waals surface area (Å²) in [6.45, 7) is 5.01. The van der Waals surface area contributed by atoms with E-state index in [1.807, 2.05) is 30.3 Å². The zero-order valence-electron chi connectivity index (χ0n) is 19.7. The number of hydrogen-bond donors (Lipinski definition) is 0. The molecule has 0 aliphatic carbocycles. The van der Waals surface area contributed by atoms with Gasteiger partial charge in [0.2, 0.25) is 0 Å². The fraction of sp³-hybridized carbons (Fsp3) is 0.231. The highest BCUT2D eigenvalue weighted by molar-refractivity contribution is 7.07. The molecule has 1 aromatic heterocycles. The van der Waals surface area contributed by atoms with Crippen LogP contribution in [0, 0.1) is 0 Å². The normalized spacial score (nSPS) is 15.3. The van der Waals surface area contributed by atoms with Gasteiger partial charge < -0.3 is 14.2 Å². The second-order valence-corrected chi connectivity index (χ2v) is 8.73. The van der Waals surface area contributed by atoms with E-state index in [4.69, 9.17) is 14.2 Å². The van der Waals surface area contributed by atoms with Gasteiger partial charge in [0.05, 0.1) is 35.6 Å². The standard InChI is InChI=1S/C26H24N2O6S/c1-5-33-25(31)22-15(2)27-26-28(23(22)18-9-7-6-8-10-18)24(30)21(35-26)14-17-11-12-19(34-16(3)29)20(13-17)32-4/h6-14,23H,5H2,1-4H3/b21-14-/t23-/m0/s1. The number of benzene rings is 2. The molecule has 3 aromatic rings. The number of esters is 2. The van der Waals surface area contributed by atoms with Gasteiger partial charge in [-0.2, -0.15) is 0 Å². The van der Waals surface area contributed by atoms with E-state index in [-0.39, 0.29) is 17.9 Å². The maximum atomic E-state index is 13.6. The van der Waals surface area contributed by atoms with E-state index in [0.29, 0.717) is 31.9 Å². The Morgan fingerprint density at radius 3 is 2.54 bits per heavy atom. The Bertz CT molecular complexity index is 1500. The summed E-state index contributed by atoms with van der Waals surface area (Å²) in [6.07, 6.45) is 1.72. The minimum atomic E-state index is -0.658. The van der Waals surface area contributed by atoms with E-state index in [2.05, 4.69) is 4.99 Å². The van der Waals surface area contributed by atoms with Gasteiger partial charge in [-0.3, -0.25) is 14.2 Å². The molecule has 0 fully saturated rings. The molecule has 1 aliphatic rings. The molecule has 1 aliphatic heterocycles. The largest absolute Gasteiger partial charge is 0.493 e. The van der Waals surface area contributed by atoms with Gasteiger partial charge in [-0.25, -0.2) is 9.79 Å². The number of carbonyl (C=O) groups excluding carboxylic acids is 2. The number of hydrogen-bond acceptors (Lipinski definition) is 8. The molecule has 2 heterocycles. The minimum absolute atomic E-state index is 0.215. The van der Waals surface area contributed by atoms with E-state index in [9.17, 15) is 14.4 Å². The summed E-state index contributed by atoms with van der Waals surface area (Å²) in [5, 5.41) is 0. The lowest BCUT2D eigenvalue weighted by Crippen LogP contribution is -2.39. The Balaban J connectivity index is 1.88. The van der Waals surface area contributed by atoms with Crippen molar-refractivity contribution in [3.63, 3.8) is 0 Å². The Labute approximate surface area is 205 Å². The topological polar surface area (TPSA) is 96.2 Å². The highest BCUT2D eigenvalue weighted by Gasteiger charge is 2.33. The molecule has 2 aromatic carbocycles. The number of allylic oxidation sites excluding steroid dienone is 1. The second-order valence-electron chi connectivity index (χ2n) is 7.72. The van der Waals surface area contributed by atoms with Gasteiger partial charge in [0.25, 0.3) is 5.56 Å². The molecule has 0 saturated carbocycles. The molecule has 9 heteroatoms. The van der Waals surface area contributed by atoms with Crippen LogP contribution in [0.5, 0.6) is 11.5 Å². The first kappa shape index (κ1) is 24.2. The van der Waals surface area contributed by atoms with Crippen molar-refractivity contribution in [3.8, 4) is 11.5 Å². The molecule has 8 nitrogen and oxygen atoms in total. The highest BCUT2D eigenvalue weighted by atomic mass is 32.1. The van der Waals surface area contributed by atoms with Gasteiger partial charge in [0.1, 0.15) is 0 Å². The van der Waals surface area contributed by atoms with Crippen molar-refractivity contribution in [2.45, 2.75) is 26.8 Å². The second kappa shape index (κ2) is 10.1. The predicted molar refractivity (Wildman–Crippen MR) is 131 cm³/mol. The summed E-state index contributed by atoms with van der Waals surface area (Å²) in [5.74, 6) is -0.303. The number of rotatable bonds is 6. The van der Waals surface area contributed by atoms with Crippen molar-refractivity contribution in [1.29, 1.82) is 0 Å². The van der Waals surface area contributed by atoms with Crippen LogP contribution in [-0.4, -0.2) is 30.2 Å². The molecule has 35 heavy (non-hydrogen) atoms. The smallest absolute Gasteiger partial charge is 0.338 e. The van der Waals surface area contributed by atoms with Crippen LogP contribution in [-0.2, 0) is 14.3 Å². The van der Waals surface area contributed by atoms with Crippen LogP contribution in [0.2, 0.25) is 0 Å². The van der Waals surface area contributed by atoms with Crippen molar-refractivity contribution in [2.24, 2.45) is 4.99 Å². The van der Waals surface area contributed by atoms with Crippen molar-refractivity contribution in [2.75, 3.05) is 13.7 Å². The van der Waals surface area contributed by atoms with Crippen LogP contribution in [0.15, 0.2) is 69.6 Å². The molecular formula is C26H24N2O6S. The van der Waals surface area contributed by atoms with Gasteiger partial charge in [-0.05, 0) is 43.2 Å².